The lowest BCUT2D eigenvalue weighted by Gasteiger charge is -2.28. The van der Waals surface area contributed by atoms with Crippen LogP contribution in [0.1, 0.15) is 107 Å². The minimum Gasteiger partial charge on any atom is -0.336 e. The molecule has 6 aromatic carbocycles. The molecule has 0 unspecified atom stereocenters. The van der Waals surface area contributed by atoms with Crippen molar-refractivity contribution in [1.29, 1.82) is 0 Å². The zero-order chi connectivity index (χ0) is 74.3. The van der Waals surface area contributed by atoms with Gasteiger partial charge in [-0.2, -0.15) is 36.3 Å². The third-order valence-electron chi connectivity index (χ3n) is 16.2. The van der Waals surface area contributed by atoms with Gasteiger partial charge in [0.25, 0.3) is 11.1 Å². The molecule has 0 bridgehead atoms. The van der Waals surface area contributed by atoms with E-state index in [4.69, 9.17) is 5.48 Å². The second-order valence-corrected chi connectivity index (χ2v) is 24.2. The van der Waals surface area contributed by atoms with Gasteiger partial charge >= 0.3 is 12.4 Å². The van der Waals surface area contributed by atoms with Gasteiger partial charge in [0.1, 0.15) is 24.6 Å². The zero-order valence-electron chi connectivity index (χ0n) is 60.2. The van der Waals surface area contributed by atoms with Crippen molar-refractivity contribution < 1.29 is 55.7 Å². The maximum absolute atomic E-state index is 14.5. The summed E-state index contributed by atoms with van der Waals surface area (Å²) < 4.78 is 178. The van der Waals surface area contributed by atoms with Crippen molar-refractivity contribution >= 4 is 35.3 Å². The normalized spacial score (nSPS) is 14.7. The zero-order valence-corrected chi connectivity index (χ0v) is 53.9. The van der Waals surface area contributed by atoms with Crippen LogP contribution in [-0.2, 0) is 85.2 Å². The third kappa shape index (κ3) is 18.7. The first-order valence-electron chi connectivity index (χ1n) is 34.6. The summed E-state index contributed by atoms with van der Waals surface area (Å²) in [5, 5.41) is 0.0356. The molecule has 0 spiro atoms. The summed E-state index contributed by atoms with van der Waals surface area (Å²) in [6, 6.07) is 34.7. The van der Waals surface area contributed by atoms with Crippen molar-refractivity contribution in [3.63, 3.8) is 0 Å². The van der Waals surface area contributed by atoms with Crippen molar-refractivity contribution in [3.05, 3.63) is 234 Å². The molecule has 2 aromatic heterocycles. The number of rotatable bonds is 26. The van der Waals surface area contributed by atoms with Gasteiger partial charge in [0.2, 0.25) is 11.8 Å². The van der Waals surface area contributed by atoms with Crippen LogP contribution in [0.4, 0.5) is 35.1 Å². The van der Waals surface area contributed by atoms with Crippen LogP contribution in [0, 0.1) is 11.6 Å². The second kappa shape index (κ2) is 32.5. The molecule has 2 amide bonds. The number of carbonyl (C=O) groups excluding carboxylic acids is 2. The van der Waals surface area contributed by atoms with Crippen LogP contribution in [0.15, 0.2) is 165 Å². The molecule has 94 heavy (non-hydrogen) atoms. The second-order valence-electron chi connectivity index (χ2n) is 22.3. The molecule has 0 saturated carbocycles. The summed E-state index contributed by atoms with van der Waals surface area (Å²) >= 11 is 2.14. The van der Waals surface area contributed by atoms with E-state index in [1.54, 1.807) is 72.8 Å². The summed E-state index contributed by atoms with van der Waals surface area (Å²) in [6.07, 6.45) is -6.18. The molecule has 12 nitrogen and oxygen atoms in total. The molecule has 8 aromatic rings. The molecule has 22 heteroatoms. The number of likely N-dealkylation sites (N-methyl/N-ethyl adjacent to an activating group) is 2. The smallest absolute Gasteiger partial charge is 0.336 e. The van der Waals surface area contributed by atoms with E-state index in [1.807, 2.05) is 13.8 Å². The minimum atomic E-state index is -4.49. The Kier molecular flexibility index (Phi) is 20.7. The van der Waals surface area contributed by atoms with E-state index in [1.165, 1.54) is 71.8 Å². The van der Waals surface area contributed by atoms with Gasteiger partial charge in [0.05, 0.1) is 16.6 Å². The van der Waals surface area contributed by atoms with Crippen LogP contribution in [-0.4, -0.2) is 103 Å². The SMILES string of the molecule is [2H]C([2H])(C(=O)N(CCN(CC)CC)Cc1ccc(-c2ccc(C(F)(F)F)cc2)cc1)n1c(SCc2ccc(F)cc2)nc(=O)c2c1CCC2.[2H]C([2H])(C)N(CCN(Cc1ccc(-c2ccc(C(F)(F)F)cc2)cc1)C(=O)C([2H])([2H])n1c(SCc2ccc(F)cc2)nc(=O)c2c1CCC2)C([2H])([2H])C. The van der Waals surface area contributed by atoms with E-state index in [0.717, 1.165) is 80.8 Å². The number of fused-ring (bicyclic) bond motifs is 2. The first-order valence-corrected chi connectivity index (χ1v) is 32.6. The Labute approximate surface area is 562 Å². The molecule has 2 aliphatic rings. The summed E-state index contributed by atoms with van der Waals surface area (Å²) in [5.41, 5.74) is 4.13. The molecule has 0 N–H and O–H groups in total. The lowest BCUT2D eigenvalue weighted by Crippen LogP contribution is -2.40. The Bertz CT molecular complexity index is 4340. The van der Waals surface area contributed by atoms with Crippen molar-refractivity contribution in [2.75, 3.05) is 52.3 Å². The van der Waals surface area contributed by atoms with E-state index in [0.29, 0.717) is 107 Å². The number of halogens is 8. The highest BCUT2D eigenvalue weighted by molar-refractivity contribution is 7.98. The van der Waals surface area contributed by atoms with Crippen molar-refractivity contribution in [2.45, 2.75) is 126 Å². The lowest BCUT2D eigenvalue weighted by molar-refractivity contribution is -0.138. The van der Waals surface area contributed by atoms with Crippen LogP contribution in [0.5, 0.6) is 0 Å². The van der Waals surface area contributed by atoms with Gasteiger partial charge in [-0.1, -0.05) is 148 Å². The summed E-state index contributed by atoms with van der Waals surface area (Å²) in [6.45, 7) is -1.82. The van der Waals surface area contributed by atoms with Gasteiger partial charge in [-0.3, -0.25) is 19.2 Å². The number of nitrogens with zero attached hydrogens (tertiary/aromatic N) is 8. The average Bonchev–Trinajstić information content (AvgIpc) is 1.39. The first kappa shape index (κ1) is 59.8. The highest BCUT2D eigenvalue weighted by Gasteiger charge is 2.32. The Morgan fingerprint density at radius 3 is 1.13 bits per heavy atom. The molecule has 0 atom stereocenters. The van der Waals surface area contributed by atoms with E-state index in [2.05, 4.69) is 14.9 Å². The van der Waals surface area contributed by atoms with E-state index in [-0.39, 0.29) is 60.4 Å². The first-order chi connectivity index (χ1) is 48.0. The lowest BCUT2D eigenvalue weighted by atomic mass is 10.0. The number of carbonyl (C=O) groups is 2. The highest BCUT2D eigenvalue weighted by Crippen LogP contribution is 2.34. The Morgan fingerprint density at radius 1 is 0.468 bits per heavy atom. The Balaban J connectivity index is 0.000000238. The molecule has 496 valence electrons. The highest BCUT2D eigenvalue weighted by atomic mass is 32.2. The van der Waals surface area contributed by atoms with Gasteiger partial charge in [-0.05, 0) is 158 Å². The topological polar surface area (TPSA) is 117 Å². The maximum Gasteiger partial charge on any atom is 0.416 e. The van der Waals surface area contributed by atoms with E-state index >= 15 is 0 Å². The molecule has 0 fully saturated rings. The molecular weight excluding hydrogens is 1260 g/mol. The van der Waals surface area contributed by atoms with Gasteiger partial charge in [0.15, 0.2) is 10.3 Å². The molecule has 2 heterocycles. The van der Waals surface area contributed by atoms with E-state index in [9.17, 15) is 59.8 Å². The third-order valence-corrected chi connectivity index (χ3v) is 18.2. The fourth-order valence-corrected chi connectivity index (χ4v) is 12.7. The summed E-state index contributed by atoms with van der Waals surface area (Å²) in [4.78, 5) is 69.0. The predicted octanol–water partition coefficient (Wildman–Crippen LogP) is 14.4. The molecule has 0 aliphatic heterocycles. The van der Waals surface area contributed by atoms with Gasteiger partial charge in [-0.25, -0.2) is 8.78 Å². The number of amides is 2. The van der Waals surface area contributed by atoms with Crippen LogP contribution in [0.3, 0.4) is 0 Å². The average molecular weight is 1340 g/mol. The van der Waals surface area contributed by atoms with Crippen LogP contribution < -0.4 is 11.1 Å². The predicted molar refractivity (Wildman–Crippen MR) is 353 cm³/mol. The molecular formula is C72H76F8N8O4S2. The Hall–Kier alpha value is -7.92. The quantitative estimate of drug-likeness (QED) is 0.0295. The van der Waals surface area contributed by atoms with Crippen molar-refractivity contribution in [2.24, 2.45) is 0 Å². The van der Waals surface area contributed by atoms with Gasteiger partial charge in [-0.15, -0.1) is 0 Å². The van der Waals surface area contributed by atoms with Crippen LogP contribution in [0.25, 0.3) is 22.3 Å². The molecule has 2 aliphatic carbocycles. The number of benzene rings is 6. The summed E-state index contributed by atoms with van der Waals surface area (Å²) in [7, 11) is 0. The molecule has 0 saturated heterocycles. The minimum absolute atomic E-state index is 0.0458. The number of hydrogen-bond donors (Lipinski definition) is 0. The van der Waals surface area contributed by atoms with E-state index < -0.39 is 78.2 Å². The van der Waals surface area contributed by atoms with Crippen LogP contribution >= 0.6 is 23.5 Å². The summed E-state index contributed by atoms with van der Waals surface area (Å²) in [5.74, 6) is -2.17. The molecule has 10 rings (SSSR count). The fourth-order valence-electron chi connectivity index (χ4n) is 10.9. The fraction of sp³-hybridized carbons (Fsp3) is 0.361. The number of hydrogen-bond acceptors (Lipinski definition) is 10. The standard InChI is InChI=1S/2C36H38F4N4O2S/c2*1-3-42(4-2)20-21-43(22-25-8-12-27(13-9-25)28-14-16-29(17-15-28)36(38,39)40)33(45)23-44-32-7-5-6-31(32)34(46)41-35(44)47-24-26-10-18-30(37)19-11-26/h2*8-19H,3-7,20-24H2,1-2H3/i3D2,4D2,23D2;23D2. The number of aromatic nitrogens is 4. The van der Waals surface area contributed by atoms with Crippen LogP contribution in [0.2, 0.25) is 0 Å². The van der Waals surface area contributed by atoms with Gasteiger partial charge < -0.3 is 28.7 Å². The maximum atomic E-state index is 14.5. The number of alkyl halides is 6. The van der Waals surface area contributed by atoms with Crippen molar-refractivity contribution in [1.82, 2.24) is 38.7 Å². The largest absolute Gasteiger partial charge is 0.416 e. The number of thioether (sulfide) groups is 2. The monoisotopic (exact) mass is 1340 g/mol. The van der Waals surface area contributed by atoms with Gasteiger partial charge in [0, 0.05) is 78.8 Å². The molecule has 0 radical (unpaired) electrons. The Morgan fingerprint density at radius 2 is 0.798 bits per heavy atom. The van der Waals surface area contributed by atoms with Crippen molar-refractivity contribution in [3.8, 4) is 22.3 Å².